The molecule has 1 atom stereocenters. The van der Waals surface area contributed by atoms with Crippen molar-refractivity contribution < 1.29 is 19.4 Å². The standard InChI is InChI=1S/C13H15NO4S/c1-17-11-5-9-8(4-10(11)15)2-3-14-13(9)6-19-7-18-12(13)16/h4-5,14-15H,2-3,6-7H2,1H3/t13-/m0/s1. The number of phenols is 1. The van der Waals surface area contributed by atoms with Crippen LogP contribution in [0.5, 0.6) is 11.5 Å². The first-order chi connectivity index (χ1) is 9.17. The summed E-state index contributed by atoms with van der Waals surface area (Å²) in [4.78, 5) is 12.2. The number of carbonyl (C=O) groups is 1. The molecule has 1 fully saturated rings. The molecule has 0 saturated carbocycles. The summed E-state index contributed by atoms with van der Waals surface area (Å²) in [5.74, 6) is 1.26. The molecule has 19 heavy (non-hydrogen) atoms. The van der Waals surface area contributed by atoms with Crippen LogP contribution in [0.15, 0.2) is 12.1 Å². The van der Waals surface area contributed by atoms with Gasteiger partial charge in [-0.2, -0.15) is 0 Å². The Bertz CT molecular complexity index is 534. The number of rotatable bonds is 1. The zero-order chi connectivity index (χ0) is 13.5. The first kappa shape index (κ1) is 12.6. The summed E-state index contributed by atoms with van der Waals surface area (Å²) < 4.78 is 10.3. The third-order valence-electron chi connectivity index (χ3n) is 3.63. The smallest absolute Gasteiger partial charge is 0.332 e. The van der Waals surface area contributed by atoms with Crippen LogP contribution in [0.1, 0.15) is 11.1 Å². The van der Waals surface area contributed by atoms with E-state index in [0.29, 0.717) is 24.0 Å². The molecule has 0 aliphatic carbocycles. The Morgan fingerprint density at radius 1 is 1.53 bits per heavy atom. The summed E-state index contributed by atoms with van der Waals surface area (Å²) in [7, 11) is 1.50. The van der Waals surface area contributed by atoms with Gasteiger partial charge in [-0.3, -0.25) is 5.32 Å². The van der Waals surface area contributed by atoms with Crippen LogP contribution in [0.25, 0.3) is 0 Å². The monoisotopic (exact) mass is 281 g/mol. The molecule has 0 amide bonds. The second kappa shape index (κ2) is 4.61. The molecule has 0 aromatic heterocycles. The minimum atomic E-state index is -0.808. The van der Waals surface area contributed by atoms with Crippen molar-refractivity contribution in [2.45, 2.75) is 12.0 Å². The van der Waals surface area contributed by atoms with Gasteiger partial charge in [0.25, 0.3) is 0 Å². The van der Waals surface area contributed by atoms with Crippen molar-refractivity contribution in [3.05, 3.63) is 23.3 Å². The third kappa shape index (κ3) is 1.86. The van der Waals surface area contributed by atoms with Gasteiger partial charge in [0.05, 0.1) is 7.11 Å². The lowest BCUT2D eigenvalue weighted by Crippen LogP contribution is -2.57. The van der Waals surface area contributed by atoms with E-state index in [1.165, 1.54) is 7.11 Å². The molecular formula is C13H15NO4S. The van der Waals surface area contributed by atoms with Gasteiger partial charge in [-0.25, -0.2) is 4.79 Å². The number of aromatic hydroxyl groups is 1. The zero-order valence-electron chi connectivity index (χ0n) is 10.6. The summed E-state index contributed by atoms with van der Waals surface area (Å²) >= 11 is 1.58. The number of methoxy groups -OCH3 is 1. The van der Waals surface area contributed by atoms with Crippen LogP contribution in [0, 0.1) is 0 Å². The summed E-state index contributed by atoms with van der Waals surface area (Å²) in [6.45, 7) is 0.689. The minimum absolute atomic E-state index is 0.107. The molecule has 1 aromatic carbocycles. The number of esters is 1. The quantitative estimate of drug-likeness (QED) is 0.748. The number of phenolic OH excluding ortho intramolecular Hbond substituents is 1. The maximum atomic E-state index is 12.2. The fraction of sp³-hybridized carbons (Fsp3) is 0.462. The lowest BCUT2D eigenvalue weighted by molar-refractivity contribution is -0.150. The van der Waals surface area contributed by atoms with Crippen molar-refractivity contribution in [1.82, 2.24) is 5.32 Å². The predicted octanol–water partition coefficient (Wildman–Crippen LogP) is 0.989. The largest absolute Gasteiger partial charge is 0.504 e. The maximum absolute atomic E-state index is 12.2. The first-order valence-electron chi connectivity index (χ1n) is 6.08. The topological polar surface area (TPSA) is 67.8 Å². The van der Waals surface area contributed by atoms with Gasteiger partial charge in [0.15, 0.2) is 17.0 Å². The Balaban J connectivity index is 2.15. The molecule has 6 heteroatoms. The van der Waals surface area contributed by atoms with Gasteiger partial charge in [0, 0.05) is 12.3 Å². The van der Waals surface area contributed by atoms with Crippen LogP contribution in [0.4, 0.5) is 0 Å². The normalized spacial score (nSPS) is 25.8. The Hall–Kier alpha value is -1.40. The highest BCUT2D eigenvalue weighted by Crippen LogP contribution is 2.40. The molecule has 102 valence electrons. The van der Waals surface area contributed by atoms with Gasteiger partial charge >= 0.3 is 5.97 Å². The number of hydrogen-bond donors (Lipinski definition) is 2. The summed E-state index contributed by atoms with van der Waals surface area (Å²) in [5, 5.41) is 13.1. The second-order valence-corrected chi connectivity index (χ2v) is 5.59. The van der Waals surface area contributed by atoms with Crippen LogP contribution in [-0.2, 0) is 21.5 Å². The van der Waals surface area contributed by atoms with Crippen molar-refractivity contribution in [3.8, 4) is 11.5 Å². The zero-order valence-corrected chi connectivity index (χ0v) is 11.4. The highest BCUT2D eigenvalue weighted by molar-refractivity contribution is 7.99. The summed E-state index contributed by atoms with van der Waals surface area (Å²) in [6.07, 6.45) is 0.770. The number of cyclic esters (lactones) is 1. The van der Waals surface area contributed by atoms with E-state index in [0.717, 1.165) is 17.5 Å². The van der Waals surface area contributed by atoms with E-state index in [1.54, 1.807) is 23.9 Å². The van der Waals surface area contributed by atoms with Crippen molar-refractivity contribution in [3.63, 3.8) is 0 Å². The van der Waals surface area contributed by atoms with Crippen LogP contribution in [0.3, 0.4) is 0 Å². The number of thioether (sulfide) groups is 1. The average molecular weight is 281 g/mol. The van der Waals surface area contributed by atoms with Gasteiger partial charge in [0.2, 0.25) is 0 Å². The van der Waals surface area contributed by atoms with Crippen LogP contribution in [-0.4, -0.2) is 36.4 Å². The number of carbonyl (C=O) groups excluding carboxylic acids is 1. The molecule has 1 spiro atoms. The van der Waals surface area contributed by atoms with Gasteiger partial charge in [0.1, 0.15) is 5.94 Å². The van der Waals surface area contributed by atoms with E-state index in [9.17, 15) is 9.90 Å². The average Bonchev–Trinajstić information content (AvgIpc) is 2.42. The van der Waals surface area contributed by atoms with Gasteiger partial charge < -0.3 is 14.6 Å². The minimum Gasteiger partial charge on any atom is -0.504 e. The summed E-state index contributed by atoms with van der Waals surface area (Å²) in [5.41, 5.74) is 1.01. The van der Waals surface area contributed by atoms with E-state index >= 15 is 0 Å². The van der Waals surface area contributed by atoms with Crippen molar-refractivity contribution in [2.24, 2.45) is 0 Å². The van der Waals surface area contributed by atoms with Crippen molar-refractivity contribution >= 4 is 17.7 Å². The Labute approximate surface area is 115 Å². The molecule has 2 aliphatic heterocycles. The van der Waals surface area contributed by atoms with E-state index in [4.69, 9.17) is 9.47 Å². The van der Waals surface area contributed by atoms with Crippen LogP contribution >= 0.6 is 11.8 Å². The Kier molecular flexibility index (Phi) is 3.06. The molecule has 2 heterocycles. The molecule has 2 aliphatic rings. The molecule has 3 rings (SSSR count). The molecule has 1 aromatic rings. The number of fused-ring (bicyclic) bond motifs is 2. The number of hydrogen-bond acceptors (Lipinski definition) is 6. The van der Waals surface area contributed by atoms with E-state index in [2.05, 4.69) is 5.32 Å². The molecule has 5 nitrogen and oxygen atoms in total. The second-order valence-electron chi connectivity index (χ2n) is 4.66. The maximum Gasteiger partial charge on any atom is 0.332 e. The van der Waals surface area contributed by atoms with Crippen molar-refractivity contribution in [2.75, 3.05) is 25.3 Å². The van der Waals surface area contributed by atoms with E-state index < -0.39 is 5.54 Å². The number of benzene rings is 1. The van der Waals surface area contributed by atoms with Crippen LogP contribution in [0.2, 0.25) is 0 Å². The van der Waals surface area contributed by atoms with Gasteiger partial charge in [-0.1, -0.05) is 0 Å². The highest BCUT2D eigenvalue weighted by Gasteiger charge is 2.47. The fourth-order valence-corrected chi connectivity index (χ4v) is 3.62. The van der Waals surface area contributed by atoms with Crippen molar-refractivity contribution in [1.29, 1.82) is 0 Å². The SMILES string of the molecule is COc1cc2c(cc1O)CCN[C@@]21CSCOC1=O. The molecule has 0 unspecified atom stereocenters. The molecule has 0 radical (unpaired) electrons. The Morgan fingerprint density at radius 2 is 2.37 bits per heavy atom. The highest BCUT2D eigenvalue weighted by atomic mass is 32.2. The Morgan fingerprint density at radius 3 is 3.11 bits per heavy atom. The predicted molar refractivity (Wildman–Crippen MR) is 71.5 cm³/mol. The van der Waals surface area contributed by atoms with E-state index in [-0.39, 0.29) is 11.7 Å². The number of ether oxygens (including phenoxy) is 2. The summed E-state index contributed by atoms with van der Waals surface area (Å²) in [6, 6.07) is 3.42. The number of nitrogens with one attached hydrogen (secondary N) is 1. The van der Waals surface area contributed by atoms with Gasteiger partial charge in [-0.15, -0.1) is 11.8 Å². The molecule has 0 bridgehead atoms. The lowest BCUT2D eigenvalue weighted by atomic mass is 9.83. The fourth-order valence-electron chi connectivity index (χ4n) is 2.67. The molecular weight excluding hydrogens is 266 g/mol. The molecule has 2 N–H and O–H groups in total. The third-order valence-corrected chi connectivity index (χ3v) is 4.55. The van der Waals surface area contributed by atoms with Crippen LogP contribution < -0.4 is 10.1 Å². The first-order valence-corrected chi connectivity index (χ1v) is 7.23. The lowest BCUT2D eigenvalue weighted by Gasteiger charge is -2.40. The van der Waals surface area contributed by atoms with E-state index in [1.807, 2.05) is 0 Å². The van der Waals surface area contributed by atoms with Gasteiger partial charge in [-0.05, 0) is 29.7 Å². The molecule has 1 saturated heterocycles.